The zero-order chi connectivity index (χ0) is 22.7. The van der Waals surface area contributed by atoms with E-state index in [1.165, 1.54) is 11.1 Å². The second-order valence-corrected chi connectivity index (χ2v) is 8.04. The van der Waals surface area contributed by atoms with Crippen molar-refractivity contribution in [2.75, 3.05) is 5.32 Å². The van der Waals surface area contributed by atoms with Gasteiger partial charge in [0.15, 0.2) is 0 Å². The number of nitrogens with one attached hydrogen (secondary N) is 2. The number of rotatable bonds is 4. The summed E-state index contributed by atoms with van der Waals surface area (Å²) in [6, 6.07) is 14.0. The lowest BCUT2D eigenvalue weighted by Gasteiger charge is -2.11. The van der Waals surface area contributed by atoms with Gasteiger partial charge in [-0.15, -0.1) is 0 Å². The molecule has 0 saturated carbocycles. The van der Waals surface area contributed by atoms with Gasteiger partial charge in [0.1, 0.15) is 0 Å². The quantitative estimate of drug-likeness (QED) is 0.375. The Hall–Kier alpha value is -3.67. The summed E-state index contributed by atoms with van der Waals surface area (Å²) < 4.78 is 2.15. The van der Waals surface area contributed by atoms with Crippen LogP contribution in [0.3, 0.4) is 0 Å². The second-order valence-electron chi connectivity index (χ2n) is 8.04. The summed E-state index contributed by atoms with van der Waals surface area (Å²) in [4.78, 5) is 24.3. The molecule has 6 nitrogen and oxygen atoms in total. The number of benzene rings is 2. The molecule has 3 rings (SSSR count). The van der Waals surface area contributed by atoms with Crippen molar-refractivity contribution in [2.24, 2.45) is 5.10 Å². The Balaban J connectivity index is 1.71. The van der Waals surface area contributed by atoms with E-state index in [-0.39, 0.29) is 0 Å². The molecule has 0 aliphatic heterocycles. The summed E-state index contributed by atoms with van der Waals surface area (Å²) in [5.41, 5.74) is 11.3. The van der Waals surface area contributed by atoms with Crippen LogP contribution in [0, 0.1) is 41.5 Å². The van der Waals surface area contributed by atoms with E-state index in [9.17, 15) is 9.59 Å². The van der Waals surface area contributed by atoms with Gasteiger partial charge in [-0.05, 0) is 94.1 Å². The molecule has 3 aromatic rings. The first-order chi connectivity index (χ1) is 14.6. The average molecular weight is 417 g/mol. The predicted molar refractivity (Wildman–Crippen MR) is 125 cm³/mol. The fourth-order valence-corrected chi connectivity index (χ4v) is 3.84. The smallest absolute Gasteiger partial charge is 0.318 e. The van der Waals surface area contributed by atoms with Crippen LogP contribution in [0.15, 0.2) is 47.6 Å². The molecular weight excluding hydrogens is 388 g/mol. The van der Waals surface area contributed by atoms with Crippen molar-refractivity contribution in [3.05, 3.63) is 81.7 Å². The van der Waals surface area contributed by atoms with Gasteiger partial charge in [-0.1, -0.05) is 12.1 Å². The van der Waals surface area contributed by atoms with Crippen molar-refractivity contribution in [1.29, 1.82) is 0 Å². The lowest BCUT2D eigenvalue weighted by molar-refractivity contribution is -0.136. The first kappa shape index (κ1) is 22.0. The van der Waals surface area contributed by atoms with Crippen molar-refractivity contribution in [2.45, 2.75) is 41.5 Å². The number of nitrogens with zero attached hydrogens (tertiary/aromatic N) is 2. The summed E-state index contributed by atoms with van der Waals surface area (Å²) in [6.07, 6.45) is 1.56. The van der Waals surface area contributed by atoms with Crippen LogP contribution in [0.1, 0.15) is 39.2 Å². The standard InChI is InChI=1S/C25H28N4O2/c1-15-7-16(2)10-22(9-15)27-24(30)25(31)28-26-14-21-13-19(5)29(20(21)6)23-11-17(3)8-18(4)12-23/h7-14H,1-6H3,(H,27,30)(H,28,31)/b26-14-. The highest BCUT2D eigenvalue weighted by atomic mass is 16.2. The average Bonchev–Trinajstić information content (AvgIpc) is 2.93. The highest BCUT2D eigenvalue weighted by Crippen LogP contribution is 2.22. The maximum Gasteiger partial charge on any atom is 0.329 e. The van der Waals surface area contributed by atoms with Crippen LogP contribution in [-0.2, 0) is 9.59 Å². The van der Waals surface area contributed by atoms with Crippen molar-refractivity contribution in [3.63, 3.8) is 0 Å². The lowest BCUT2D eigenvalue weighted by atomic mass is 10.1. The van der Waals surface area contributed by atoms with Crippen molar-refractivity contribution in [3.8, 4) is 5.69 Å². The number of carbonyl (C=O) groups is 2. The number of hydrogen-bond acceptors (Lipinski definition) is 3. The Morgan fingerprint density at radius 1 is 0.774 bits per heavy atom. The fraction of sp³-hybridized carbons (Fsp3) is 0.240. The van der Waals surface area contributed by atoms with Crippen molar-refractivity contribution < 1.29 is 9.59 Å². The minimum absolute atomic E-state index is 0.582. The van der Waals surface area contributed by atoms with Crippen LogP contribution in [0.2, 0.25) is 0 Å². The van der Waals surface area contributed by atoms with Crippen molar-refractivity contribution >= 4 is 23.7 Å². The van der Waals surface area contributed by atoms with Gasteiger partial charge in [-0.2, -0.15) is 5.10 Å². The largest absolute Gasteiger partial charge is 0.329 e. The molecule has 0 aliphatic rings. The first-order valence-electron chi connectivity index (χ1n) is 10.1. The highest BCUT2D eigenvalue weighted by Gasteiger charge is 2.14. The lowest BCUT2D eigenvalue weighted by Crippen LogP contribution is -2.32. The van der Waals surface area contributed by atoms with Crippen LogP contribution >= 0.6 is 0 Å². The third kappa shape index (κ3) is 5.28. The Morgan fingerprint density at radius 2 is 1.32 bits per heavy atom. The molecule has 0 unspecified atom stereocenters. The molecule has 1 aromatic heterocycles. The summed E-state index contributed by atoms with van der Waals surface area (Å²) >= 11 is 0. The van der Waals surface area contributed by atoms with Gasteiger partial charge >= 0.3 is 11.8 Å². The van der Waals surface area contributed by atoms with Gasteiger partial charge in [0.05, 0.1) is 6.21 Å². The number of anilines is 1. The second kappa shape index (κ2) is 9.00. The maximum atomic E-state index is 12.2. The van der Waals surface area contributed by atoms with Gasteiger partial charge in [0.25, 0.3) is 0 Å². The van der Waals surface area contributed by atoms with Crippen molar-refractivity contribution in [1.82, 2.24) is 9.99 Å². The van der Waals surface area contributed by atoms with E-state index < -0.39 is 11.8 Å². The summed E-state index contributed by atoms with van der Waals surface area (Å²) in [5.74, 6) is -1.58. The minimum Gasteiger partial charge on any atom is -0.318 e. The SMILES string of the molecule is Cc1cc(C)cc(NC(=O)C(=O)N/N=C\c2cc(C)n(-c3cc(C)cc(C)c3)c2C)c1. The fourth-order valence-electron chi connectivity index (χ4n) is 3.84. The molecule has 0 spiro atoms. The van der Waals surface area contributed by atoms with Gasteiger partial charge in [-0.3, -0.25) is 9.59 Å². The molecule has 2 N–H and O–H groups in total. The van der Waals surface area contributed by atoms with E-state index in [1.54, 1.807) is 6.21 Å². The molecule has 0 fully saturated rings. The van der Waals surface area contributed by atoms with Gasteiger partial charge < -0.3 is 9.88 Å². The number of hydrazone groups is 1. The summed E-state index contributed by atoms with van der Waals surface area (Å²) in [5, 5.41) is 6.58. The van der Waals surface area contributed by atoms with E-state index in [2.05, 4.69) is 52.5 Å². The first-order valence-corrected chi connectivity index (χ1v) is 10.1. The number of hydrogen-bond donors (Lipinski definition) is 2. The molecule has 2 amide bonds. The summed E-state index contributed by atoms with van der Waals surface area (Å²) in [7, 11) is 0. The van der Waals surface area contributed by atoms with Crippen LogP contribution in [-0.4, -0.2) is 22.6 Å². The zero-order valence-corrected chi connectivity index (χ0v) is 18.8. The van der Waals surface area contributed by atoms with E-state index in [0.29, 0.717) is 5.69 Å². The van der Waals surface area contributed by atoms with Crippen LogP contribution in [0.4, 0.5) is 5.69 Å². The maximum absolute atomic E-state index is 12.2. The number of aromatic nitrogens is 1. The molecule has 0 atom stereocenters. The zero-order valence-electron chi connectivity index (χ0n) is 18.8. The van der Waals surface area contributed by atoms with Gasteiger partial charge in [0.2, 0.25) is 0 Å². The molecule has 31 heavy (non-hydrogen) atoms. The molecule has 1 heterocycles. The summed E-state index contributed by atoms with van der Waals surface area (Å²) in [6.45, 7) is 12.0. The third-order valence-electron chi connectivity index (χ3n) is 4.99. The monoisotopic (exact) mass is 416 g/mol. The molecule has 0 saturated heterocycles. The van der Waals surface area contributed by atoms with E-state index >= 15 is 0 Å². The predicted octanol–water partition coefficient (Wildman–Crippen LogP) is 4.42. The number of amides is 2. The molecule has 0 bridgehead atoms. The normalized spacial score (nSPS) is 11.0. The Morgan fingerprint density at radius 3 is 1.90 bits per heavy atom. The molecule has 2 aromatic carbocycles. The van der Waals surface area contributed by atoms with Crippen LogP contribution < -0.4 is 10.7 Å². The van der Waals surface area contributed by atoms with E-state index in [1.807, 2.05) is 52.0 Å². The third-order valence-corrected chi connectivity index (χ3v) is 4.99. The Bertz CT molecular complexity index is 1150. The van der Waals surface area contributed by atoms with Gasteiger partial charge in [0, 0.05) is 28.3 Å². The Kier molecular flexibility index (Phi) is 6.39. The number of carbonyl (C=O) groups excluding carboxylic acids is 2. The Labute approximate surface area is 183 Å². The number of aryl methyl sites for hydroxylation is 5. The van der Waals surface area contributed by atoms with E-state index in [4.69, 9.17) is 0 Å². The topological polar surface area (TPSA) is 75.5 Å². The van der Waals surface area contributed by atoms with Crippen LogP contribution in [0.5, 0.6) is 0 Å². The van der Waals surface area contributed by atoms with E-state index in [0.717, 1.165) is 33.8 Å². The highest BCUT2D eigenvalue weighted by molar-refractivity contribution is 6.39. The van der Waals surface area contributed by atoms with Crippen LogP contribution in [0.25, 0.3) is 5.69 Å². The van der Waals surface area contributed by atoms with Gasteiger partial charge in [-0.25, -0.2) is 5.43 Å². The molecule has 160 valence electrons. The molecule has 6 heteroatoms. The molecular formula is C25H28N4O2. The molecule has 0 radical (unpaired) electrons. The minimum atomic E-state index is -0.821. The molecule has 0 aliphatic carbocycles.